The van der Waals surface area contributed by atoms with E-state index in [-0.39, 0.29) is 0 Å². The van der Waals surface area contributed by atoms with Gasteiger partial charge in [0, 0.05) is 0 Å². The molecule has 1 aromatic carbocycles. The minimum absolute atomic E-state index is 0.461. The summed E-state index contributed by atoms with van der Waals surface area (Å²) >= 11 is 0. The maximum Gasteiger partial charge on any atom is 0.0805 e. The van der Waals surface area contributed by atoms with E-state index in [1.165, 1.54) is 11.1 Å². The van der Waals surface area contributed by atoms with Crippen LogP contribution in [0.4, 0.5) is 0 Å². The summed E-state index contributed by atoms with van der Waals surface area (Å²) in [5, 5.41) is 19.5. The van der Waals surface area contributed by atoms with Gasteiger partial charge < -0.3 is 10.2 Å². The molecule has 4 unspecified atom stereocenters. The summed E-state index contributed by atoms with van der Waals surface area (Å²) in [5.41, 5.74) is 2.84. The van der Waals surface area contributed by atoms with Crippen LogP contribution >= 0.6 is 0 Å². The third kappa shape index (κ3) is 1.57. The van der Waals surface area contributed by atoms with Crippen molar-refractivity contribution in [2.45, 2.75) is 43.8 Å². The minimum atomic E-state index is -0.535. The molecular formula is C14H18O2. The average molecular weight is 218 g/mol. The maximum absolute atomic E-state index is 9.79. The zero-order chi connectivity index (χ0) is 11.1. The summed E-state index contributed by atoms with van der Waals surface area (Å²) in [5.74, 6) is 1.02. The van der Waals surface area contributed by atoms with Gasteiger partial charge in [-0.25, -0.2) is 0 Å². The van der Waals surface area contributed by atoms with Gasteiger partial charge in [-0.15, -0.1) is 0 Å². The van der Waals surface area contributed by atoms with Crippen LogP contribution in [0.1, 0.15) is 36.3 Å². The molecule has 2 aliphatic rings. The Balaban J connectivity index is 1.94. The first-order chi connectivity index (χ1) is 7.75. The van der Waals surface area contributed by atoms with Crippen LogP contribution in [0.2, 0.25) is 0 Å². The standard InChI is InChI=1S/C14H18O2/c15-13-7-10-6-5-9-3-1-2-4-11(9)12(10)8-14(13)16/h1-4,10,12-16H,5-8H2. The molecule has 0 saturated heterocycles. The van der Waals surface area contributed by atoms with Crippen LogP contribution in [0.25, 0.3) is 0 Å². The van der Waals surface area contributed by atoms with Crippen molar-refractivity contribution in [3.63, 3.8) is 0 Å². The molecule has 1 aromatic rings. The predicted molar refractivity (Wildman–Crippen MR) is 62.2 cm³/mol. The van der Waals surface area contributed by atoms with Crippen molar-refractivity contribution < 1.29 is 10.2 Å². The van der Waals surface area contributed by atoms with Gasteiger partial charge in [0.1, 0.15) is 0 Å². The number of aliphatic hydroxyl groups is 2. The third-order valence-corrected chi connectivity index (χ3v) is 4.29. The quantitative estimate of drug-likeness (QED) is 0.697. The van der Waals surface area contributed by atoms with E-state index in [2.05, 4.69) is 24.3 Å². The lowest BCUT2D eigenvalue weighted by Gasteiger charge is -2.41. The summed E-state index contributed by atoms with van der Waals surface area (Å²) < 4.78 is 0. The lowest BCUT2D eigenvalue weighted by Crippen LogP contribution is -2.39. The second kappa shape index (κ2) is 3.86. The van der Waals surface area contributed by atoms with Gasteiger partial charge in [0.15, 0.2) is 0 Å². The molecule has 0 aromatic heterocycles. The van der Waals surface area contributed by atoms with Crippen LogP contribution < -0.4 is 0 Å². The third-order valence-electron chi connectivity index (χ3n) is 4.29. The molecule has 2 N–H and O–H groups in total. The van der Waals surface area contributed by atoms with Crippen molar-refractivity contribution in [1.82, 2.24) is 0 Å². The molecule has 4 atom stereocenters. The largest absolute Gasteiger partial charge is 0.390 e. The lowest BCUT2D eigenvalue weighted by molar-refractivity contribution is -0.0366. The molecule has 0 aliphatic heterocycles. The highest BCUT2D eigenvalue weighted by Gasteiger charge is 2.38. The van der Waals surface area contributed by atoms with E-state index in [1.807, 2.05) is 0 Å². The molecule has 2 nitrogen and oxygen atoms in total. The van der Waals surface area contributed by atoms with Crippen LogP contribution in [-0.4, -0.2) is 22.4 Å². The molecular weight excluding hydrogens is 200 g/mol. The van der Waals surface area contributed by atoms with E-state index in [0.717, 1.165) is 25.7 Å². The van der Waals surface area contributed by atoms with E-state index < -0.39 is 12.2 Å². The van der Waals surface area contributed by atoms with Gasteiger partial charge in [0.25, 0.3) is 0 Å². The second-order valence-corrected chi connectivity index (χ2v) is 5.21. The number of hydrogen-bond donors (Lipinski definition) is 2. The summed E-state index contributed by atoms with van der Waals surface area (Å²) in [6.45, 7) is 0. The number of hydrogen-bond acceptors (Lipinski definition) is 2. The summed E-state index contributed by atoms with van der Waals surface area (Å²) in [7, 11) is 0. The SMILES string of the molecule is OC1CC2CCc3ccccc3C2CC1O. The van der Waals surface area contributed by atoms with Crippen LogP contribution in [0, 0.1) is 5.92 Å². The second-order valence-electron chi connectivity index (χ2n) is 5.21. The van der Waals surface area contributed by atoms with Crippen molar-refractivity contribution in [3.8, 4) is 0 Å². The molecule has 0 bridgehead atoms. The smallest absolute Gasteiger partial charge is 0.0805 e. The molecule has 2 aliphatic carbocycles. The molecule has 0 heterocycles. The highest BCUT2D eigenvalue weighted by Crippen LogP contribution is 2.44. The average Bonchev–Trinajstić information content (AvgIpc) is 2.31. The Labute approximate surface area is 95.9 Å². The fourth-order valence-corrected chi connectivity index (χ4v) is 3.41. The summed E-state index contributed by atoms with van der Waals surface area (Å²) in [6.07, 6.45) is 2.73. The number of benzene rings is 1. The van der Waals surface area contributed by atoms with E-state index >= 15 is 0 Å². The predicted octanol–water partition coefficient (Wildman–Crippen LogP) is 1.85. The zero-order valence-electron chi connectivity index (χ0n) is 9.34. The van der Waals surface area contributed by atoms with Gasteiger partial charge in [-0.2, -0.15) is 0 Å². The Morgan fingerprint density at radius 2 is 1.75 bits per heavy atom. The highest BCUT2D eigenvalue weighted by molar-refractivity contribution is 5.34. The molecule has 16 heavy (non-hydrogen) atoms. The molecule has 2 heteroatoms. The zero-order valence-corrected chi connectivity index (χ0v) is 9.34. The van der Waals surface area contributed by atoms with Crippen LogP contribution in [0.15, 0.2) is 24.3 Å². The topological polar surface area (TPSA) is 40.5 Å². The Morgan fingerprint density at radius 1 is 1.00 bits per heavy atom. The van der Waals surface area contributed by atoms with Gasteiger partial charge in [0.2, 0.25) is 0 Å². The van der Waals surface area contributed by atoms with Gasteiger partial charge in [-0.3, -0.25) is 0 Å². The van der Waals surface area contributed by atoms with Gasteiger partial charge in [-0.05, 0) is 48.6 Å². The van der Waals surface area contributed by atoms with Gasteiger partial charge in [0.05, 0.1) is 12.2 Å². The molecule has 0 radical (unpaired) electrons. The normalized spacial score (nSPS) is 37.6. The highest BCUT2D eigenvalue weighted by atomic mass is 16.3. The van der Waals surface area contributed by atoms with Crippen LogP contribution in [0.5, 0.6) is 0 Å². The first-order valence-electron chi connectivity index (χ1n) is 6.19. The van der Waals surface area contributed by atoms with Crippen molar-refractivity contribution in [2.75, 3.05) is 0 Å². The van der Waals surface area contributed by atoms with Crippen LogP contribution in [-0.2, 0) is 6.42 Å². The van der Waals surface area contributed by atoms with Crippen molar-refractivity contribution in [1.29, 1.82) is 0 Å². The lowest BCUT2D eigenvalue weighted by atomic mass is 9.66. The first kappa shape index (κ1) is 10.3. The van der Waals surface area contributed by atoms with E-state index in [1.54, 1.807) is 0 Å². The molecule has 86 valence electrons. The monoisotopic (exact) mass is 218 g/mol. The Bertz CT molecular complexity index is 388. The van der Waals surface area contributed by atoms with Crippen molar-refractivity contribution in [2.24, 2.45) is 5.92 Å². The number of aryl methyl sites for hydroxylation is 1. The molecule has 0 spiro atoms. The number of rotatable bonds is 0. The number of fused-ring (bicyclic) bond motifs is 3. The van der Waals surface area contributed by atoms with Crippen molar-refractivity contribution >= 4 is 0 Å². The van der Waals surface area contributed by atoms with E-state index in [0.29, 0.717) is 11.8 Å². The van der Waals surface area contributed by atoms with Gasteiger partial charge in [-0.1, -0.05) is 24.3 Å². The maximum atomic E-state index is 9.79. The minimum Gasteiger partial charge on any atom is -0.390 e. The summed E-state index contributed by atoms with van der Waals surface area (Å²) in [6, 6.07) is 8.56. The number of aliphatic hydroxyl groups excluding tert-OH is 2. The van der Waals surface area contributed by atoms with E-state index in [9.17, 15) is 10.2 Å². The molecule has 1 saturated carbocycles. The Hall–Kier alpha value is -0.860. The van der Waals surface area contributed by atoms with E-state index in [4.69, 9.17) is 0 Å². The molecule has 0 amide bonds. The van der Waals surface area contributed by atoms with Crippen LogP contribution in [0.3, 0.4) is 0 Å². The fourth-order valence-electron chi connectivity index (χ4n) is 3.41. The van der Waals surface area contributed by atoms with Gasteiger partial charge >= 0.3 is 0 Å². The Kier molecular flexibility index (Phi) is 2.49. The Morgan fingerprint density at radius 3 is 2.62 bits per heavy atom. The summed E-state index contributed by atoms with van der Waals surface area (Å²) in [4.78, 5) is 0. The van der Waals surface area contributed by atoms with Crippen molar-refractivity contribution in [3.05, 3.63) is 35.4 Å². The fraction of sp³-hybridized carbons (Fsp3) is 0.571. The molecule has 1 fully saturated rings. The molecule has 3 rings (SSSR count). The first-order valence-corrected chi connectivity index (χ1v) is 6.19.